The largest absolute Gasteiger partial charge is 0.390 e. The summed E-state index contributed by atoms with van der Waals surface area (Å²) in [5.41, 5.74) is 2.04. The van der Waals surface area contributed by atoms with Gasteiger partial charge in [0, 0.05) is 35.3 Å². The van der Waals surface area contributed by atoms with Gasteiger partial charge in [-0.2, -0.15) is 0 Å². The number of fused-ring (bicyclic) bond motifs is 2. The van der Waals surface area contributed by atoms with E-state index in [9.17, 15) is 13.5 Å². The van der Waals surface area contributed by atoms with Gasteiger partial charge in [0.2, 0.25) is 0 Å². The van der Waals surface area contributed by atoms with Crippen LogP contribution >= 0.6 is 11.3 Å². The Morgan fingerprint density at radius 3 is 2.94 bits per heavy atom. The summed E-state index contributed by atoms with van der Waals surface area (Å²) in [6.07, 6.45) is 4.86. The number of aryl methyl sites for hydroxylation is 1. The van der Waals surface area contributed by atoms with Gasteiger partial charge in [0.15, 0.2) is 9.84 Å². The molecule has 0 unspecified atom stereocenters. The van der Waals surface area contributed by atoms with E-state index in [4.69, 9.17) is 4.74 Å². The van der Waals surface area contributed by atoms with Crippen molar-refractivity contribution in [1.82, 2.24) is 19.9 Å². The fourth-order valence-electron chi connectivity index (χ4n) is 5.33. The highest BCUT2D eigenvalue weighted by atomic mass is 32.2. The Morgan fingerprint density at radius 2 is 2.23 bits per heavy atom. The summed E-state index contributed by atoms with van der Waals surface area (Å²) in [5.74, 6) is -0.290. The molecule has 170 valence electrons. The highest BCUT2D eigenvalue weighted by Gasteiger charge is 2.44. The topological polar surface area (TPSA) is 97.5 Å². The van der Waals surface area contributed by atoms with Gasteiger partial charge in [-0.15, -0.1) is 16.4 Å². The average Bonchev–Trinajstić information content (AvgIpc) is 3.41. The van der Waals surface area contributed by atoms with Gasteiger partial charge in [-0.25, -0.2) is 13.1 Å². The summed E-state index contributed by atoms with van der Waals surface area (Å²) < 4.78 is 31.6. The maximum absolute atomic E-state index is 11.8. The minimum atomic E-state index is -3.22. The maximum Gasteiger partial charge on any atom is 0.155 e. The Bertz CT molecular complexity index is 1070. The Hall–Kier alpha value is -1.33. The van der Waals surface area contributed by atoms with Crippen LogP contribution in [0.3, 0.4) is 0 Å². The van der Waals surface area contributed by atoms with Crippen molar-refractivity contribution in [2.45, 2.75) is 69.9 Å². The Kier molecular flexibility index (Phi) is 5.49. The van der Waals surface area contributed by atoms with Crippen molar-refractivity contribution in [2.75, 3.05) is 24.7 Å². The molecule has 3 aliphatic rings. The molecule has 1 spiro atoms. The standard InChI is InChI=1S/C21H30N4O4S2/c1-3-16-8-17-20(30-16)4-7-29-21(17)5-6-24(14(2)9-21)10-15-11-25(23-22-15)18-12-31(27,28)13-19(18)26/h8,11,14,18-19,26H,3-7,9-10,12-13H2,1-2H3/t14-,18-,19+,21+/m0/s1. The number of sulfone groups is 1. The number of thiophene rings is 1. The summed E-state index contributed by atoms with van der Waals surface area (Å²) in [5, 5.41) is 18.5. The smallest absolute Gasteiger partial charge is 0.155 e. The molecule has 2 saturated heterocycles. The predicted octanol–water partition coefficient (Wildman–Crippen LogP) is 1.68. The van der Waals surface area contributed by atoms with E-state index in [0.29, 0.717) is 12.6 Å². The molecule has 8 nitrogen and oxygen atoms in total. The first-order chi connectivity index (χ1) is 14.8. The van der Waals surface area contributed by atoms with Crippen LogP contribution in [0.15, 0.2) is 12.3 Å². The number of likely N-dealkylation sites (tertiary alicyclic amines) is 1. The summed E-state index contributed by atoms with van der Waals surface area (Å²) >= 11 is 1.94. The molecule has 0 aliphatic carbocycles. The van der Waals surface area contributed by atoms with E-state index in [-0.39, 0.29) is 17.1 Å². The highest BCUT2D eigenvalue weighted by Crippen LogP contribution is 2.46. The second-order valence-electron chi connectivity index (χ2n) is 9.17. The predicted molar refractivity (Wildman–Crippen MR) is 118 cm³/mol. The molecule has 31 heavy (non-hydrogen) atoms. The van der Waals surface area contributed by atoms with Crippen molar-refractivity contribution in [3.63, 3.8) is 0 Å². The summed E-state index contributed by atoms with van der Waals surface area (Å²) in [6, 6.07) is 2.15. The molecule has 5 heterocycles. The number of hydrogen-bond donors (Lipinski definition) is 1. The third-order valence-corrected chi connectivity index (χ3v) is 10.1. The molecule has 5 rings (SSSR count). The van der Waals surface area contributed by atoms with Crippen LogP contribution in [0.4, 0.5) is 0 Å². The average molecular weight is 467 g/mol. The zero-order valence-electron chi connectivity index (χ0n) is 18.0. The number of aliphatic hydroxyl groups excluding tert-OH is 1. The highest BCUT2D eigenvalue weighted by molar-refractivity contribution is 7.91. The fourth-order valence-corrected chi connectivity index (χ4v) is 8.28. The van der Waals surface area contributed by atoms with E-state index in [2.05, 4.69) is 35.1 Å². The first kappa shape index (κ1) is 21.5. The molecule has 0 radical (unpaired) electrons. The van der Waals surface area contributed by atoms with Crippen LogP contribution in [0.1, 0.15) is 53.7 Å². The lowest BCUT2D eigenvalue weighted by Crippen LogP contribution is -2.50. The van der Waals surface area contributed by atoms with Crippen LogP contribution in [-0.4, -0.2) is 70.2 Å². The minimum absolute atomic E-state index is 0.0837. The van der Waals surface area contributed by atoms with Gasteiger partial charge in [-0.1, -0.05) is 12.1 Å². The van der Waals surface area contributed by atoms with Crippen LogP contribution in [0.25, 0.3) is 0 Å². The number of aliphatic hydroxyl groups is 1. The second kappa shape index (κ2) is 7.91. The molecule has 2 aromatic heterocycles. The van der Waals surface area contributed by atoms with Crippen molar-refractivity contribution in [3.8, 4) is 0 Å². The van der Waals surface area contributed by atoms with Gasteiger partial charge in [0.05, 0.1) is 47.8 Å². The zero-order chi connectivity index (χ0) is 21.8. The molecular formula is C21H30N4O4S2. The molecule has 2 fully saturated rings. The number of nitrogens with zero attached hydrogens (tertiary/aromatic N) is 4. The summed E-state index contributed by atoms with van der Waals surface area (Å²) in [7, 11) is -3.22. The van der Waals surface area contributed by atoms with Crippen LogP contribution in [-0.2, 0) is 39.6 Å². The molecule has 1 N–H and O–H groups in total. The lowest BCUT2D eigenvalue weighted by atomic mass is 9.79. The zero-order valence-corrected chi connectivity index (χ0v) is 19.7. The Balaban J connectivity index is 1.28. The third kappa shape index (κ3) is 3.97. The van der Waals surface area contributed by atoms with E-state index in [1.165, 1.54) is 20.0 Å². The van der Waals surface area contributed by atoms with Crippen molar-refractivity contribution in [3.05, 3.63) is 33.3 Å². The van der Waals surface area contributed by atoms with Crippen molar-refractivity contribution in [2.24, 2.45) is 0 Å². The number of piperidine rings is 1. The van der Waals surface area contributed by atoms with E-state index >= 15 is 0 Å². The molecule has 2 aromatic rings. The number of ether oxygens (including phenoxy) is 1. The third-order valence-electron chi connectivity index (χ3n) is 7.01. The van der Waals surface area contributed by atoms with E-state index in [1.54, 1.807) is 6.20 Å². The number of hydrogen-bond acceptors (Lipinski definition) is 8. The minimum Gasteiger partial charge on any atom is -0.390 e. The van der Waals surface area contributed by atoms with Crippen LogP contribution in [0.5, 0.6) is 0 Å². The Morgan fingerprint density at radius 1 is 1.39 bits per heavy atom. The molecule has 0 bridgehead atoms. The van der Waals surface area contributed by atoms with Gasteiger partial charge in [-0.05, 0) is 37.8 Å². The summed E-state index contributed by atoms with van der Waals surface area (Å²) in [6.45, 7) is 6.81. The van der Waals surface area contributed by atoms with Gasteiger partial charge in [-0.3, -0.25) is 4.90 Å². The monoisotopic (exact) mass is 466 g/mol. The fraction of sp³-hybridized carbons (Fsp3) is 0.714. The van der Waals surface area contributed by atoms with Gasteiger partial charge in [0.1, 0.15) is 0 Å². The second-order valence-corrected chi connectivity index (χ2v) is 12.5. The molecular weight excluding hydrogens is 436 g/mol. The van der Waals surface area contributed by atoms with E-state index in [0.717, 1.165) is 44.5 Å². The van der Waals surface area contributed by atoms with E-state index < -0.39 is 22.0 Å². The first-order valence-electron chi connectivity index (χ1n) is 11.1. The molecule has 3 aliphatic heterocycles. The maximum atomic E-state index is 11.8. The van der Waals surface area contributed by atoms with Crippen LogP contribution in [0.2, 0.25) is 0 Å². The van der Waals surface area contributed by atoms with Gasteiger partial charge >= 0.3 is 0 Å². The molecule has 0 saturated carbocycles. The SMILES string of the molecule is CCc1cc2c(s1)CCO[C@@]21CCN(Cc2cn([C@H]3CS(=O)(=O)C[C@H]3O)nn2)[C@@H](C)C1. The molecule has 4 atom stereocenters. The van der Waals surface area contributed by atoms with E-state index in [1.807, 2.05) is 11.3 Å². The molecule has 0 aromatic carbocycles. The molecule has 0 amide bonds. The molecule has 10 heteroatoms. The number of rotatable bonds is 4. The quantitative estimate of drug-likeness (QED) is 0.732. The van der Waals surface area contributed by atoms with Crippen LogP contribution < -0.4 is 0 Å². The lowest BCUT2D eigenvalue weighted by molar-refractivity contribution is -0.112. The Labute approximate surface area is 187 Å². The normalized spacial score (nSPS) is 33.1. The first-order valence-corrected chi connectivity index (χ1v) is 13.7. The summed E-state index contributed by atoms with van der Waals surface area (Å²) in [4.78, 5) is 5.33. The van der Waals surface area contributed by atoms with Crippen molar-refractivity contribution < 1.29 is 18.3 Å². The van der Waals surface area contributed by atoms with Crippen LogP contribution in [0, 0.1) is 0 Å². The van der Waals surface area contributed by atoms with Gasteiger partial charge < -0.3 is 9.84 Å². The van der Waals surface area contributed by atoms with Gasteiger partial charge in [0.25, 0.3) is 0 Å². The van der Waals surface area contributed by atoms with Crippen molar-refractivity contribution >= 4 is 21.2 Å². The lowest BCUT2D eigenvalue weighted by Gasteiger charge is -2.47. The van der Waals surface area contributed by atoms with Crippen molar-refractivity contribution in [1.29, 1.82) is 0 Å². The number of aromatic nitrogens is 3.